The van der Waals surface area contributed by atoms with Crippen molar-refractivity contribution in [3.05, 3.63) is 36.5 Å². The first-order valence-corrected chi connectivity index (χ1v) is 25.0. The Hall–Kier alpha value is -2.37. The minimum atomic E-state index is -0.774. The number of rotatable bonds is 45. The zero-order chi connectivity index (χ0) is 42.3. The average molecular weight is 815 g/mol. The van der Waals surface area contributed by atoms with Crippen LogP contribution in [0.1, 0.15) is 258 Å². The van der Waals surface area contributed by atoms with Gasteiger partial charge in [-0.2, -0.15) is 0 Å². The van der Waals surface area contributed by atoms with Crippen molar-refractivity contribution in [2.45, 2.75) is 264 Å². The van der Waals surface area contributed by atoms with Gasteiger partial charge in [-0.15, -0.1) is 0 Å². The van der Waals surface area contributed by atoms with E-state index >= 15 is 0 Å². The van der Waals surface area contributed by atoms with Crippen LogP contribution in [0.4, 0.5) is 0 Å². The van der Waals surface area contributed by atoms with Crippen LogP contribution in [-0.2, 0) is 28.6 Å². The Morgan fingerprint density at radius 1 is 0.345 bits per heavy atom. The van der Waals surface area contributed by atoms with Crippen LogP contribution in [0.2, 0.25) is 0 Å². The van der Waals surface area contributed by atoms with E-state index < -0.39 is 6.10 Å². The third kappa shape index (κ3) is 44.7. The molecule has 0 saturated heterocycles. The molecule has 0 aliphatic heterocycles. The van der Waals surface area contributed by atoms with E-state index in [4.69, 9.17) is 14.2 Å². The zero-order valence-electron chi connectivity index (χ0n) is 38.6. The van der Waals surface area contributed by atoms with Crippen LogP contribution < -0.4 is 0 Å². The summed E-state index contributed by atoms with van der Waals surface area (Å²) in [7, 11) is 0. The minimum absolute atomic E-state index is 0.0762. The number of hydrogen-bond donors (Lipinski definition) is 0. The standard InChI is InChI=1S/C52H94O6/c1-4-7-10-13-16-19-21-23-25-26-28-29-31-33-36-39-42-45-51(54)57-48-49(47-56-50(53)44-41-38-35-18-15-12-9-6-3)58-52(55)46-43-40-37-34-32-30-27-24-22-20-17-14-11-8-5-2/h16,19,23-25,27,49H,4-15,17-18,20-22,26,28-48H2,1-3H3/b19-16-,25-23-,27-24-. The van der Waals surface area contributed by atoms with Gasteiger partial charge in [0.1, 0.15) is 13.2 Å². The van der Waals surface area contributed by atoms with Crippen molar-refractivity contribution < 1.29 is 28.6 Å². The molecule has 0 aliphatic rings. The van der Waals surface area contributed by atoms with Gasteiger partial charge in [-0.1, -0.05) is 198 Å². The summed E-state index contributed by atoms with van der Waals surface area (Å²) in [6.45, 7) is 6.57. The van der Waals surface area contributed by atoms with Crippen LogP contribution in [0, 0.1) is 0 Å². The fourth-order valence-electron chi connectivity index (χ4n) is 7.05. The largest absolute Gasteiger partial charge is 0.462 e. The molecule has 58 heavy (non-hydrogen) atoms. The molecule has 0 rings (SSSR count). The van der Waals surface area contributed by atoms with E-state index in [1.165, 1.54) is 141 Å². The van der Waals surface area contributed by atoms with Crippen molar-refractivity contribution in [3.8, 4) is 0 Å². The van der Waals surface area contributed by atoms with E-state index in [1.54, 1.807) is 0 Å². The van der Waals surface area contributed by atoms with E-state index in [2.05, 4.69) is 57.2 Å². The van der Waals surface area contributed by atoms with Crippen molar-refractivity contribution in [2.24, 2.45) is 0 Å². The first-order valence-electron chi connectivity index (χ1n) is 25.0. The SMILES string of the molecule is CCCCC/C=C\C/C=C\CCCCCCCCCC(=O)OCC(COC(=O)CCCCCCCCCC)OC(=O)CCCCCCC/C=C\CCCCCCCC. The maximum atomic E-state index is 12.7. The zero-order valence-corrected chi connectivity index (χ0v) is 38.6. The molecule has 0 heterocycles. The van der Waals surface area contributed by atoms with Gasteiger partial charge in [0, 0.05) is 19.3 Å². The molecule has 0 aromatic carbocycles. The summed E-state index contributed by atoms with van der Waals surface area (Å²) in [6, 6.07) is 0. The second-order valence-electron chi connectivity index (χ2n) is 16.7. The Labute approximate surface area is 359 Å². The van der Waals surface area contributed by atoms with E-state index in [9.17, 15) is 14.4 Å². The van der Waals surface area contributed by atoms with Crippen molar-refractivity contribution in [2.75, 3.05) is 13.2 Å². The predicted octanol–water partition coefficient (Wildman–Crippen LogP) is 16.1. The van der Waals surface area contributed by atoms with Gasteiger partial charge in [-0.3, -0.25) is 14.4 Å². The second-order valence-corrected chi connectivity index (χ2v) is 16.7. The quantitative estimate of drug-likeness (QED) is 0.0264. The molecule has 0 aliphatic carbocycles. The highest BCUT2D eigenvalue weighted by molar-refractivity contribution is 5.71. The number of allylic oxidation sites excluding steroid dienone is 6. The summed E-state index contributed by atoms with van der Waals surface area (Å²) < 4.78 is 16.7. The Kier molecular flexibility index (Phi) is 45.4. The van der Waals surface area contributed by atoms with Crippen LogP contribution >= 0.6 is 0 Å². The van der Waals surface area contributed by atoms with E-state index in [0.717, 1.165) is 77.0 Å². The number of carbonyl (C=O) groups excluding carboxylic acids is 3. The van der Waals surface area contributed by atoms with Gasteiger partial charge >= 0.3 is 17.9 Å². The first kappa shape index (κ1) is 55.6. The monoisotopic (exact) mass is 815 g/mol. The minimum Gasteiger partial charge on any atom is -0.462 e. The van der Waals surface area contributed by atoms with Crippen LogP contribution in [0.3, 0.4) is 0 Å². The van der Waals surface area contributed by atoms with Gasteiger partial charge in [-0.25, -0.2) is 0 Å². The van der Waals surface area contributed by atoms with Gasteiger partial charge in [0.25, 0.3) is 0 Å². The maximum Gasteiger partial charge on any atom is 0.306 e. The molecule has 0 aromatic rings. The van der Waals surface area contributed by atoms with E-state index in [0.29, 0.717) is 19.3 Å². The highest BCUT2D eigenvalue weighted by atomic mass is 16.6. The fraction of sp³-hybridized carbons (Fsp3) is 0.827. The van der Waals surface area contributed by atoms with Gasteiger partial charge in [0.15, 0.2) is 6.10 Å². The third-order valence-electron chi connectivity index (χ3n) is 10.9. The Bertz CT molecular complexity index is 984. The normalized spacial score (nSPS) is 12.3. The summed E-state index contributed by atoms with van der Waals surface area (Å²) in [5.41, 5.74) is 0. The van der Waals surface area contributed by atoms with Gasteiger partial charge in [0.05, 0.1) is 0 Å². The number of carbonyl (C=O) groups is 3. The molecule has 0 fully saturated rings. The van der Waals surface area contributed by atoms with Crippen LogP contribution in [0.15, 0.2) is 36.5 Å². The average Bonchev–Trinajstić information content (AvgIpc) is 3.22. The van der Waals surface area contributed by atoms with Crippen molar-refractivity contribution in [3.63, 3.8) is 0 Å². The number of ether oxygens (including phenoxy) is 3. The molecule has 0 spiro atoms. The Morgan fingerprint density at radius 3 is 1.00 bits per heavy atom. The highest BCUT2D eigenvalue weighted by Gasteiger charge is 2.19. The molecule has 1 unspecified atom stereocenters. The molecule has 0 radical (unpaired) electrons. The molecule has 0 N–H and O–H groups in total. The molecule has 6 nitrogen and oxygen atoms in total. The van der Waals surface area contributed by atoms with Crippen molar-refractivity contribution >= 4 is 17.9 Å². The smallest absolute Gasteiger partial charge is 0.306 e. The summed E-state index contributed by atoms with van der Waals surface area (Å²) in [5, 5.41) is 0. The number of unbranched alkanes of at least 4 members (excludes halogenated alkanes) is 28. The van der Waals surface area contributed by atoms with Gasteiger partial charge in [0.2, 0.25) is 0 Å². The predicted molar refractivity (Wildman–Crippen MR) is 247 cm³/mol. The van der Waals surface area contributed by atoms with Crippen LogP contribution in [-0.4, -0.2) is 37.2 Å². The lowest BCUT2D eigenvalue weighted by molar-refractivity contribution is -0.167. The summed E-state index contributed by atoms with van der Waals surface area (Å²) >= 11 is 0. The molecule has 6 heteroatoms. The lowest BCUT2D eigenvalue weighted by atomic mass is 10.1. The van der Waals surface area contributed by atoms with E-state index in [-0.39, 0.29) is 31.1 Å². The van der Waals surface area contributed by atoms with Crippen molar-refractivity contribution in [1.29, 1.82) is 0 Å². The molecule has 1 atom stereocenters. The van der Waals surface area contributed by atoms with Gasteiger partial charge < -0.3 is 14.2 Å². The number of esters is 3. The summed E-state index contributed by atoms with van der Waals surface area (Å²) in [6.07, 6.45) is 54.1. The second kappa shape index (κ2) is 47.3. The first-order chi connectivity index (χ1) is 28.5. The van der Waals surface area contributed by atoms with Crippen LogP contribution in [0.25, 0.3) is 0 Å². The molecule has 0 bridgehead atoms. The molecule has 0 aromatic heterocycles. The summed E-state index contributed by atoms with van der Waals surface area (Å²) in [4.78, 5) is 37.8. The molecule has 0 saturated carbocycles. The fourth-order valence-corrected chi connectivity index (χ4v) is 7.05. The van der Waals surface area contributed by atoms with Gasteiger partial charge in [-0.05, 0) is 77.0 Å². The lowest BCUT2D eigenvalue weighted by Crippen LogP contribution is -2.30. The molecule has 338 valence electrons. The summed E-state index contributed by atoms with van der Waals surface area (Å²) in [5.74, 6) is -0.890. The Morgan fingerprint density at radius 2 is 0.621 bits per heavy atom. The maximum absolute atomic E-state index is 12.7. The third-order valence-corrected chi connectivity index (χ3v) is 10.9. The Balaban J connectivity index is 4.31. The number of hydrogen-bond acceptors (Lipinski definition) is 6. The van der Waals surface area contributed by atoms with Crippen molar-refractivity contribution in [1.82, 2.24) is 0 Å². The molecular weight excluding hydrogens is 721 g/mol. The topological polar surface area (TPSA) is 78.9 Å². The molecule has 0 amide bonds. The van der Waals surface area contributed by atoms with Crippen LogP contribution in [0.5, 0.6) is 0 Å². The molecular formula is C52H94O6. The van der Waals surface area contributed by atoms with E-state index in [1.807, 2.05) is 0 Å². The highest BCUT2D eigenvalue weighted by Crippen LogP contribution is 2.14. The lowest BCUT2D eigenvalue weighted by Gasteiger charge is -2.18.